The minimum absolute atomic E-state index is 0.382. The Labute approximate surface area is 148 Å². The fraction of sp³-hybridized carbons (Fsp3) is 0.375. The molecule has 0 aliphatic heterocycles. The molecule has 25 heavy (non-hydrogen) atoms. The molecule has 0 aliphatic carbocycles. The molecule has 1 unspecified atom stereocenters. The molecule has 0 fully saturated rings. The van der Waals surface area contributed by atoms with E-state index in [4.69, 9.17) is 0 Å². The summed E-state index contributed by atoms with van der Waals surface area (Å²) in [4.78, 5) is 28.5. The van der Waals surface area contributed by atoms with Crippen LogP contribution >= 0.6 is 11.8 Å². The van der Waals surface area contributed by atoms with Crippen LogP contribution in [0.2, 0.25) is 0 Å². The summed E-state index contributed by atoms with van der Waals surface area (Å²) in [7, 11) is 0. The van der Waals surface area contributed by atoms with Gasteiger partial charge >= 0.3 is 6.03 Å². The first-order chi connectivity index (χ1) is 11.7. The van der Waals surface area contributed by atoms with Crippen molar-refractivity contribution in [2.24, 2.45) is 0 Å². The van der Waals surface area contributed by atoms with Crippen LogP contribution in [0.4, 0.5) is 4.79 Å². The van der Waals surface area contributed by atoms with E-state index in [-0.39, 0.29) is 5.91 Å². The van der Waals surface area contributed by atoms with Gasteiger partial charge in [0.25, 0.3) is 0 Å². The number of amides is 3. The fourth-order valence-corrected chi connectivity index (χ4v) is 3.19. The third-order valence-corrected chi connectivity index (χ3v) is 4.43. The van der Waals surface area contributed by atoms with Crippen LogP contribution in [0.5, 0.6) is 0 Å². The van der Waals surface area contributed by atoms with E-state index in [1.54, 1.807) is 6.92 Å². The van der Waals surface area contributed by atoms with Crippen molar-refractivity contribution in [2.45, 2.75) is 43.6 Å². The zero-order valence-electron chi connectivity index (χ0n) is 14.5. The Bertz CT molecular complexity index is 939. The second kappa shape index (κ2) is 6.40. The number of nitrogens with one attached hydrogen (secondary N) is 3. The molecular weight excluding hydrogens is 340 g/mol. The molecule has 3 rings (SSSR count). The Morgan fingerprint density at radius 2 is 2.00 bits per heavy atom. The topological polar surface area (TPSA) is 104 Å². The molecule has 3 amide bonds. The van der Waals surface area contributed by atoms with Crippen molar-refractivity contribution in [3.05, 3.63) is 24.3 Å². The second-order valence-corrected chi connectivity index (χ2v) is 8.03. The summed E-state index contributed by atoms with van der Waals surface area (Å²) in [6.45, 7) is 7.27. The Hall–Kier alpha value is -2.55. The molecular formula is C16H20N6O2S. The first-order valence-corrected chi connectivity index (χ1v) is 8.74. The van der Waals surface area contributed by atoms with E-state index >= 15 is 0 Å². The molecule has 132 valence electrons. The summed E-state index contributed by atoms with van der Waals surface area (Å²) in [5.41, 5.74) is 1.34. The first kappa shape index (κ1) is 17.3. The van der Waals surface area contributed by atoms with E-state index in [9.17, 15) is 9.59 Å². The highest BCUT2D eigenvalue weighted by Crippen LogP contribution is 2.25. The predicted octanol–water partition coefficient (Wildman–Crippen LogP) is 2.32. The number of H-pyrrole nitrogens is 1. The second-order valence-electron chi connectivity index (χ2n) is 6.72. The number of para-hydroxylation sites is 2. The van der Waals surface area contributed by atoms with Gasteiger partial charge in [-0.3, -0.25) is 14.5 Å². The highest BCUT2D eigenvalue weighted by Gasteiger charge is 2.22. The van der Waals surface area contributed by atoms with Crippen LogP contribution < -0.4 is 10.6 Å². The first-order valence-electron chi connectivity index (χ1n) is 7.86. The lowest BCUT2D eigenvalue weighted by Gasteiger charge is -2.21. The molecule has 0 radical (unpaired) electrons. The molecule has 0 saturated carbocycles. The maximum Gasteiger partial charge on any atom is 0.321 e. The minimum atomic E-state index is -0.509. The van der Waals surface area contributed by atoms with Crippen molar-refractivity contribution in [1.82, 2.24) is 30.2 Å². The van der Waals surface area contributed by atoms with Gasteiger partial charge in [0.2, 0.25) is 11.7 Å². The maximum absolute atomic E-state index is 12.2. The SMILES string of the molecule is CC(Sc1n[nH]c2nc3ccccc3n12)C(=O)NC(=O)NC(C)(C)C. The number of nitrogens with zero attached hydrogens (tertiary/aromatic N) is 3. The zero-order valence-corrected chi connectivity index (χ0v) is 15.3. The summed E-state index contributed by atoms with van der Waals surface area (Å²) in [5, 5.41) is 12.3. The van der Waals surface area contributed by atoms with Crippen molar-refractivity contribution >= 4 is 40.5 Å². The number of aromatic nitrogens is 4. The number of hydrogen-bond donors (Lipinski definition) is 3. The summed E-state index contributed by atoms with van der Waals surface area (Å²) >= 11 is 1.26. The molecule has 3 N–H and O–H groups in total. The van der Waals surface area contributed by atoms with E-state index in [2.05, 4.69) is 25.8 Å². The molecule has 8 nitrogen and oxygen atoms in total. The van der Waals surface area contributed by atoms with E-state index < -0.39 is 16.8 Å². The third-order valence-electron chi connectivity index (χ3n) is 3.38. The standard InChI is InChI=1S/C16H20N6O2S/c1-9(12(23)18-14(24)19-16(2,3)4)25-15-21-20-13-17-10-7-5-6-8-11(10)22(13)15/h5-9H,1-4H3,(H,17,20)(H2,18,19,23,24). The normalized spacial score (nSPS) is 13.1. The van der Waals surface area contributed by atoms with Gasteiger partial charge < -0.3 is 5.32 Å². The fourth-order valence-electron chi connectivity index (χ4n) is 2.32. The molecule has 0 bridgehead atoms. The Kier molecular flexibility index (Phi) is 4.42. The molecule has 0 saturated heterocycles. The predicted molar refractivity (Wildman–Crippen MR) is 96.6 cm³/mol. The Morgan fingerprint density at radius 3 is 2.72 bits per heavy atom. The van der Waals surface area contributed by atoms with Crippen LogP contribution in [0.1, 0.15) is 27.7 Å². The van der Waals surface area contributed by atoms with E-state index in [1.807, 2.05) is 49.4 Å². The summed E-state index contributed by atoms with van der Waals surface area (Å²) < 4.78 is 1.86. The Morgan fingerprint density at radius 1 is 1.28 bits per heavy atom. The average molecular weight is 360 g/mol. The number of carbonyl (C=O) groups excluding carboxylic acids is 2. The van der Waals surface area contributed by atoms with Crippen molar-refractivity contribution in [1.29, 1.82) is 0 Å². The molecule has 1 atom stereocenters. The van der Waals surface area contributed by atoms with E-state index in [0.29, 0.717) is 10.9 Å². The van der Waals surface area contributed by atoms with Crippen molar-refractivity contribution < 1.29 is 9.59 Å². The van der Waals surface area contributed by atoms with Crippen molar-refractivity contribution in [3.63, 3.8) is 0 Å². The molecule has 2 aromatic heterocycles. The smallest absolute Gasteiger partial charge is 0.321 e. The van der Waals surface area contributed by atoms with Crippen LogP contribution in [0.3, 0.4) is 0 Å². The molecule has 1 aromatic carbocycles. The molecule has 0 spiro atoms. The van der Waals surface area contributed by atoms with Gasteiger partial charge in [-0.25, -0.2) is 14.9 Å². The van der Waals surface area contributed by atoms with Crippen LogP contribution in [-0.2, 0) is 4.79 Å². The summed E-state index contributed by atoms with van der Waals surface area (Å²) in [6.07, 6.45) is 0. The van der Waals surface area contributed by atoms with Gasteiger partial charge in [-0.2, -0.15) is 0 Å². The van der Waals surface area contributed by atoms with Crippen molar-refractivity contribution in [3.8, 4) is 0 Å². The maximum atomic E-state index is 12.2. The van der Waals surface area contributed by atoms with Crippen LogP contribution in [-0.4, -0.2) is 42.3 Å². The largest absolute Gasteiger partial charge is 0.333 e. The average Bonchev–Trinajstić information content (AvgIpc) is 3.05. The molecule has 0 aliphatic rings. The zero-order chi connectivity index (χ0) is 18.2. The minimum Gasteiger partial charge on any atom is -0.333 e. The van der Waals surface area contributed by atoms with Gasteiger partial charge in [0, 0.05) is 5.54 Å². The number of urea groups is 1. The van der Waals surface area contributed by atoms with Gasteiger partial charge in [-0.15, -0.1) is 5.10 Å². The molecule has 2 heterocycles. The lowest BCUT2D eigenvalue weighted by Crippen LogP contribution is -2.49. The number of carbonyl (C=O) groups is 2. The van der Waals surface area contributed by atoms with E-state index in [0.717, 1.165) is 11.0 Å². The molecule has 9 heteroatoms. The number of aromatic amines is 1. The highest BCUT2D eigenvalue weighted by atomic mass is 32.2. The number of imidazole rings is 1. The number of imide groups is 1. The van der Waals surface area contributed by atoms with Gasteiger partial charge in [0.1, 0.15) is 0 Å². The quantitative estimate of drug-likeness (QED) is 0.622. The Balaban J connectivity index is 1.74. The van der Waals surface area contributed by atoms with E-state index in [1.165, 1.54) is 11.8 Å². The van der Waals surface area contributed by atoms with Gasteiger partial charge in [-0.05, 0) is 39.8 Å². The number of fused-ring (bicyclic) bond motifs is 3. The van der Waals surface area contributed by atoms with Crippen molar-refractivity contribution in [2.75, 3.05) is 0 Å². The lowest BCUT2D eigenvalue weighted by atomic mass is 10.1. The number of rotatable bonds is 3. The van der Waals surface area contributed by atoms with Gasteiger partial charge in [0.05, 0.1) is 16.3 Å². The van der Waals surface area contributed by atoms with Crippen LogP contribution in [0.25, 0.3) is 16.8 Å². The summed E-state index contributed by atoms with van der Waals surface area (Å²) in [5.74, 6) is 0.231. The number of benzene rings is 1. The third kappa shape index (κ3) is 3.76. The monoisotopic (exact) mass is 360 g/mol. The number of hydrogen-bond acceptors (Lipinski definition) is 5. The number of thioether (sulfide) groups is 1. The molecule has 3 aromatic rings. The van der Waals surface area contributed by atoms with Crippen LogP contribution in [0.15, 0.2) is 29.4 Å². The van der Waals surface area contributed by atoms with Gasteiger partial charge in [0.15, 0.2) is 5.16 Å². The highest BCUT2D eigenvalue weighted by molar-refractivity contribution is 8.00. The van der Waals surface area contributed by atoms with Gasteiger partial charge in [-0.1, -0.05) is 23.9 Å². The van der Waals surface area contributed by atoms with Crippen LogP contribution in [0, 0.1) is 0 Å². The lowest BCUT2D eigenvalue weighted by molar-refractivity contribution is -0.119. The summed E-state index contributed by atoms with van der Waals surface area (Å²) in [6, 6.07) is 7.18.